The van der Waals surface area contributed by atoms with Crippen molar-refractivity contribution in [3.8, 4) is 0 Å². The van der Waals surface area contributed by atoms with E-state index in [-0.39, 0.29) is 11.9 Å². The van der Waals surface area contributed by atoms with Crippen molar-refractivity contribution in [2.45, 2.75) is 57.7 Å². The second kappa shape index (κ2) is 9.65. The highest BCUT2D eigenvalue weighted by molar-refractivity contribution is 6.05. The van der Waals surface area contributed by atoms with Crippen molar-refractivity contribution in [1.29, 1.82) is 0 Å². The van der Waals surface area contributed by atoms with Crippen LogP contribution in [0.15, 0.2) is 59.6 Å². The van der Waals surface area contributed by atoms with Crippen molar-refractivity contribution >= 4 is 23.6 Å². The molecule has 7 heteroatoms. The van der Waals surface area contributed by atoms with Crippen LogP contribution in [0.2, 0.25) is 0 Å². The maximum atomic E-state index is 13.1. The van der Waals surface area contributed by atoms with E-state index in [4.69, 9.17) is 14.5 Å². The Kier molecular flexibility index (Phi) is 6.67. The number of para-hydroxylation sites is 1. The molecule has 2 amide bonds. The Balaban J connectivity index is 1.46. The van der Waals surface area contributed by atoms with Gasteiger partial charge >= 0.3 is 6.09 Å². The van der Waals surface area contributed by atoms with Gasteiger partial charge in [0, 0.05) is 6.54 Å². The van der Waals surface area contributed by atoms with Crippen molar-refractivity contribution in [3.63, 3.8) is 0 Å². The molecule has 0 saturated carbocycles. The normalized spacial score (nSPS) is 20.2. The van der Waals surface area contributed by atoms with Gasteiger partial charge in [0.1, 0.15) is 18.2 Å². The number of nitrogens with one attached hydrogen (secondary N) is 1. The van der Waals surface area contributed by atoms with Crippen molar-refractivity contribution < 1.29 is 19.1 Å². The lowest BCUT2D eigenvalue weighted by Crippen LogP contribution is -2.45. The first-order valence-corrected chi connectivity index (χ1v) is 11.4. The van der Waals surface area contributed by atoms with E-state index in [1.165, 1.54) is 10.5 Å². The first-order chi connectivity index (χ1) is 15.8. The maximum Gasteiger partial charge on any atom is 0.410 e. The largest absolute Gasteiger partial charge is 0.475 e. The summed E-state index contributed by atoms with van der Waals surface area (Å²) in [5.74, 6) is 0.299. The van der Waals surface area contributed by atoms with Gasteiger partial charge < -0.3 is 14.8 Å². The smallest absolute Gasteiger partial charge is 0.410 e. The van der Waals surface area contributed by atoms with Crippen LogP contribution in [-0.2, 0) is 20.7 Å². The quantitative estimate of drug-likeness (QED) is 0.733. The van der Waals surface area contributed by atoms with Gasteiger partial charge in [-0.25, -0.2) is 9.79 Å². The summed E-state index contributed by atoms with van der Waals surface area (Å²) in [4.78, 5) is 32.0. The summed E-state index contributed by atoms with van der Waals surface area (Å²) in [7, 11) is 0. The number of rotatable bonds is 5. The standard InChI is InChI=1S/C26H31N3O4/c1-26(2,3)33-25(31)29-15-9-14-22(29)23(30)28-21-13-8-7-12-20(21)24-27-19(17-32-24)16-18-10-5-4-6-11-18/h4-8,10-13,19,22H,9,14-17H2,1-3H3,(H,28,30)/t19-,22-/m0/s1. The van der Waals surface area contributed by atoms with Gasteiger partial charge in [-0.3, -0.25) is 9.69 Å². The fourth-order valence-electron chi connectivity index (χ4n) is 4.13. The SMILES string of the molecule is CC(C)(C)OC(=O)N1CCC[C@H]1C(=O)Nc1ccccc1C1=N[C@@H](Cc2ccccc2)CO1. The van der Waals surface area contributed by atoms with Crippen LogP contribution in [0.3, 0.4) is 0 Å². The second-order valence-corrected chi connectivity index (χ2v) is 9.46. The number of carbonyl (C=O) groups excluding carboxylic acids is 2. The zero-order valence-corrected chi connectivity index (χ0v) is 19.4. The zero-order chi connectivity index (χ0) is 23.4. The molecule has 2 aliphatic rings. The van der Waals surface area contributed by atoms with Crippen molar-refractivity contribution in [3.05, 3.63) is 65.7 Å². The number of benzene rings is 2. The molecule has 0 aromatic heterocycles. The fourth-order valence-corrected chi connectivity index (χ4v) is 4.13. The summed E-state index contributed by atoms with van der Waals surface area (Å²) in [6.45, 7) is 6.46. The first kappa shape index (κ1) is 22.8. The number of likely N-dealkylation sites (tertiary alicyclic amines) is 1. The van der Waals surface area contributed by atoms with E-state index in [0.717, 1.165) is 18.4 Å². The van der Waals surface area contributed by atoms with E-state index in [0.29, 0.717) is 31.2 Å². The summed E-state index contributed by atoms with van der Waals surface area (Å²) in [6, 6.07) is 17.1. The summed E-state index contributed by atoms with van der Waals surface area (Å²) >= 11 is 0. The molecular weight excluding hydrogens is 418 g/mol. The predicted molar refractivity (Wildman–Crippen MR) is 127 cm³/mol. The Bertz CT molecular complexity index is 1030. The highest BCUT2D eigenvalue weighted by Crippen LogP contribution is 2.25. The topological polar surface area (TPSA) is 80.2 Å². The van der Waals surface area contributed by atoms with Gasteiger partial charge in [0.2, 0.25) is 11.8 Å². The Morgan fingerprint density at radius 1 is 1.12 bits per heavy atom. The predicted octanol–water partition coefficient (Wildman–Crippen LogP) is 4.41. The third-order valence-electron chi connectivity index (χ3n) is 5.63. The molecule has 174 valence electrons. The average Bonchev–Trinajstić information content (AvgIpc) is 3.44. The lowest BCUT2D eigenvalue weighted by Gasteiger charge is -2.28. The lowest BCUT2D eigenvalue weighted by atomic mass is 10.1. The molecule has 7 nitrogen and oxygen atoms in total. The number of anilines is 1. The van der Waals surface area contributed by atoms with Crippen LogP contribution < -0.4 is 5.32 Å². The van der Waals surface area contributed by atoms with Crippen LogP contribution in [0, 0.1) is 0 Å². The maximum absolute atomic E-state index is 13.1. The third-order valence-corrected chi connectivity index (χ3v) is 5.63. The summed E-state index contributed by atoms with van der Waals surface area (Å²) in [6.07, 6.45) is 1.70. The first-order valence-electron chi connectivity index (χ1n) is 11.4. The monoisotopic (exact) mass is 449 g/mol. The van der Waals surface area contributed by atoms with Crippen molar-refractivity contribution in [1.82, 2.24) is 4.90 Å². The summed E-state index contributed by atoms with van der Waals surface area (Å²) < 4.78 is 11.4. The Morgan fingerprint density at radius 3 is 2.61 bits per heavy atom. The number of carbonyl (C=O) groups is 2. The van der Waals surface area contributed by atoms with Crippen LogP contribution in [0.25, 0.3) is 0 Å². The molecule has 1 saturated heterocycles. The molecule has 0 radical (unpaired) electrons. The molecule has 4 rings (SSSR count). The highest BCUT2D eigenvalue weighted by atomic mass is 16.6. The van der Waals surface area contributed by atoms with Gasteiger partial charge in [0.15, 0.2) is 0 Å². The fraction of sp³-hybridized carbons (Fsp3) is 0.423. The van der Waals surface area contributed by atoms with E-state index in [1.54, 1.807) is 0 Å². The van der Waals surface area contributed by atoms with Gasteiger partial charge in [-0.05, 0) is 57.7 Å². The molecule has 0 spiro atoms. The Hall–Kier alpha value is -3.35. The van der Waals surface area contributed by atoms with E-state index in [2.05, 4.69) is 17.4 Å². The van der Waals surface area contributed by atoms with Gasteiger partial charge in [-0.15, -0.1) is 0 Å². The molecule has 1 N–H and O–H groups in total. The lowest BCUT2D eigenvalue weighted by molar-refractivity contribution is -0.120. The van der Waals surface area contributed by atoms with Gasteiger partial charge in [0.25, 0.3) is 0 Å². The minimum atomic E-state index is -0.610. The number of amides is 2. The van der Waals surface area contributed by atoms with Crippen LogP contribution in [-0.4, -0.2) is 53.6 Å². The van der Waals surface area contributed by atoms with Crippen LogP contribution in [0.4, 0.5) is 10.5 Å². The molecule has 33 heavy (non-hydrogen) atoms. The molecule has 2 heterocycles. The minimum absolute atomic E-state index is 0.0312. The summed E-state index contributed by atoms with van der Waals surface area (Å²) in [5.41, 5.74) is 1.96. The van der Waals surface area contributed by atoms with Crippen molar-refractivity contribution in [2.24, 2.45) is 4.99 Å². The molecule has 0 aliphatic carbocycles. The van der Waals surface area contributed by atoms with Crippen LogP contribution in [0.5, 0.6) is 0 Å². The number of hydrogen-bond donors (Lipinski definition) is 1. The van der Waals surface area contributed by atoms with E-state index in [9.17, 15) is 9.59 Å². The third kappa shape index (κ3) is 5.72. The summed E-state index contributed by atoms with van der Waals surface area (Å²) in [5, 5.41) is 2.99. The highest BCUT2D eigenvalue weighted by Gasteiger charge is 2.37. The molecule has 2 atom stereocenters. The van der Waals surface area contributed by atoms with E-state index < -0.39 is 17.7 Å². The van der Waals surface area contributed by atoms with Crippen molar-refractivity contribution in [2.75, 3.05) is 18.5 Å². The van der Waals surface area contributed by atoms with Crippen LogP contribution >= 0.6 is 0 Å². The second-order valence-electron chi connectivity index (χ2n) is 9.46. The molecule has 2 aromatic carbocycles. The number of hydrogen-bond acceptors (Lipinski definition) is 5. The van der Waals surface area contributed by atoms with Gasteiger partial charge in [-0.2, -0.15) is 0 Å². The van der Waals surface area contributed by atoms with Crippen LogP contribution in [0.1, 0.15) is 44.7 Å². The molecule has 0 unspecified atom stereocenters. The zero-order valence-electron chi connectivity index (χ0n) is 19.4. The molecule has 1 fully saturated rings. The average molecular weight is 450 g/mol. The minimum Gasteiger partial charge on any atom is -0.475 e. The Labute approximate surface area is 194 Å². The molecule has 2 aliphatic heterocycles. The van der Waals surface area contributed by atoms with E-state index in [1.807, 2.05) is 63.2 Å². The molecule has 2 aromatic rings. The molecular formula is C26H31N3O4. The van der Waals surface area contributed by atoms with Gasteiger partial charge in [-0.1, -0.05) is 42.5 Å². The van der Waals surface area contributed by atoms with E-state index >= 15 is 0 Å². The number of nitrogens with zero attached hydrogens (tertiary/aromatic N) is 2. The number of aliphatic imine (C=N–C) groups is 1. The number of ether oxygens (including phenoxy) is 2. The molecule has 0 bridgehead atoms. The van der Waals surface area contributed by atoms with Gasteiger partial charge in [0.05, 0.1) is 17.3 Å². The Morgan fingerprint density at radius 2 is 1.85 bits per heavy atom.